The normalized spacial score (nSPS) is 21.1. The van der Waals surface area contributed by atoms with Crippen LogP contribution in [0.4, 0.5) is 0 Å². The zero-order valence-corrected chi connectivity index (χ0v) is 9.62. The fourth-order valence-corrected chi connectivity index (χ4v) is 1.66. The van der Waals surface area contributed by atoms with Gasteiger partial charge in [0.05, 0.1) is 6.54 Å². The van der Waals surface area contributed by atoms with Crippen molar-refractivity contribution in [3.63, 3.8) is 0 Å². The minimum absolute atomic E-state index is 0.177. The summed E-state index contributed by atoms with van der Waals surface area (Å²) in [5.41, 5.74) is 0. The largest absolute Gasteiger partial charge is 0.305 e. The van der Waals surface area contributed by atoms with Crippen LogP contribution >= 0.6 is 0 Å². The lowest BCUT2D eigenvalue weighted by Crippen LogP contribution is -2.34. The van der Waals surface area contributed by atoms with E-state index in [0.29, 0.717) is 12.3 Å². The molecule has 0 radical (unpaired) electrons. The number of carbonyl (C=O) groups is 1. The van der Waals surface area contributed by atoms with E-state index in [2.05, 4.69) is 16.8 Å². The number of nitrogens with zero attached hydrogens (tertiary/aromatic N) is 2. The minimum Gasteiger partial charge on any atom is -0.305 e. The van der Waals surface area contributed by atoms with E-state index in [4.69, 9.17) is 0 Å². The number of rotatable bonds is 3. The molecule has 0 atom stereocenters. The van der Waals surface area contributed by atoms with E-state index in [1.165, 1.54) is 6.42 Å². The van der Waals surface area contributed by atoms with Gasteiger partial charge in [0.1, 0.15) is 5.78 Å². The van der Waals surface area contributed by atoms with Crippen LogP contribution in [0.25, 0.3) is 0 Å². The van der Waals surface area contributed by atoms with Gasteiger partial charge in [-0.05, 0) is 26.6 Å². The fourth-order valence-electron chi connectivity index (χ4n) is 1.66. The second-order valence-electron chi connectivity index (χ2n) is 4.55. The smallest absolute Gasteiger partial charge is 0.149 e. The topological polar surface area (TPSA) is 23.6 Å². The van der Waals surface area contributed by atoms with Gasteiger partial charge in [-0.1, -0.05) is 13.8 Å². The average molecular weight is 198 g/mol. The highest BCUT2D eigenvalue weighted by Gasteiger charge is 2.16. The molecule has 1 fully saturated rings. The molecule has 3 heteroatoms. The summed E-state index contributed by atoms with van der Waals surface area (Å²) in [6, 6.07) is 0. The van der Waals surface area contributed by atoms with E-state index in [9.17, 15) is 4.79 Å². The van der Waals surface area contributed by atoms with Crippen LogP contribution in [0.3, 0.4) is 0 Å². The first kappa shape index (κ1) is 11.7. The second kappa shape index (κ2) is 5.47. The van der Waals surface area contributed by atoms with Gasteiger partial charge >= 0.3 is 0 Å². The van der Waals surface area contributed by atoms with Crippen LogP contribution in [0.5, 0.6) is 0 Å². The standard InChI is InChI=1S/C11H22N2O/c1-10(2)11(14)9-13-6-4-5-12(3)7-8-13/h10H,4-9H2,1-3H3. The maximum atomic E-state index is 11.5. The molecule has 0 aromatic rings. The monoisotopic (exact) mass is 198 g/mol. The van der Waals surface area contributed by atoms with E-state index < -0.39 is 0 Å². The van der Waals surface area contributed by atoms with E-state index in [1.54, 1.807) is 0 Å². The summed E-state index contributed by atoms with van der Waals surface area (Å²) in [6.45, 7) is 8.96. The molecule has 0 unspecified atom stereocenters. The molecule has 0 amide bonds. The van der Waals surface area contributed by atoms with E-state index >= 15 is 0 Å². The predicted molar refractivity (Wildman–Crippen MR) is 58.4 cm³/mol. The summed E-state index contributed by atoms with van der Waals surface area (Å²) in [6.07, 6.45) is 1.18. The lowest BCUT2D eigenvalue weighted by Gasteiger charge is -2.19. The minimum atomic E-state index is 0.177. The molecule has 0 aromatic heterocycles. The van der Waals surface area contributed by atoms with Crippen molar-refractivity contribution in [3.05, 3.63) is 0 Å². The van der Waals surface area contributed by atoms with Crippen LogP contribution in [-0.4, -0.2) is 55.4 Å². The molecule has 1 aliphatic heterocycles. The molecule has 1 saturated heterocycles. The van der Waals surface area contributed by atoms with Crippen molar-refractivity contribution in [2.24, 2.45) is 5.92 Å². The first-order chi connectivity index (χ1) is 6.59. The number of ketones is 1. The lowest BCUT2D eigenvalue weighted by atomic mass is 10.1. The first-order valence-electron chi connectivity index (χ1n) is 5.53. The van der Waals surface area contributed by atoms with Crippen LogP contribution < -0.4 is 0 Å². The van der Waals surface area contributed by atoms with Gasteiger partial charge in [0.2, 0.25) is 0 Å². The average Bonchev–Trinajstić information content (AvgIpc) is 2.31. The van der Waals surface area contributed by atoms with Crippen molar-refractivity contribution in [2.45, 2.75) is 20.3 Å². The van der Waals surface area contributed by atoms with Crippen molar-refractivity contribution in [1.29, 1.82) is 0 Å². The lowest BCUT2D eigenvalue weighted by molar-refractivity contribution is -0.123. The van der Waals surface area contributed by atoms with Crippen LogP contribution in [0.2, 0.25) is 0 Å². The molecular formula is C11H22N2O. The highest BCUT2D eigenvalue weighted by Crippen LogP contribution is 2.03. The molecule has 1 heterocycles. The third kappa shape index (κ3) is 3.76. The quantitative estimate of drug-likeness (QED) is 0.671. The molecule has 0 spiro atoms. The van der Waals surface area contributed by atoms with Gasteiger partial charge in [-0.15, -0.1) is 0 Å². The van der Waals surface area contributed by atoms with Gasteiger partial charge < -0.3 is 4.90 Å². The van der Waals surface area contributed by atoms with Gasteiger partial charge in [-0.25, -0.2) is 0 Å². The highest BCUT2D eigenvalue weighted by atomic mass is 16.1. The van der Waals surface area contributed by atoms with Crippen LogP contribution in [-0.2, 0) is 4.79 Å². The molecule has 14 heavy (non-hydrogen) atoms. The molecule has 1 aliphatic rings. The van der Waals surface area contributed by atoms with Crippen molar-refractivity contribution in [1.82, 2.24) is 9.80 Å². The van der Waals surface area contributed by atoms with Gasteiger partial charge in [0, 0.05) is 19.0 Å². The van der Waals surface area contributed by atoms with Gasteiger partial charge in [0.15, 0.2) is 0 Å². The maximum absolute atomic E-state index is 11.5. The molecule has 0 aliphatic carbocycles. The van der Waals surface area contributed by atoms with Crippen LogP contribution in [0, 0.1) is 5.92 Å². The third-order valence-electron chi connectivity index (χ3n) is 2.84. The highest BCUT2D eigenvalue weighted by molar-refractivity contribution is 5.82. The zero-order chi connectivity index (χ0) is 10.6. The summed E-state index contributed by atoms with van der Waals surface area (Å²) >= 11 is 0. The van der Waals surface area contributed by atoms with E-state index in [0.717, 1.165) is 26.2 Å². The Morgan fingerprint density at radius 3 is 2.57 bits per heavy atom. The molecule has 0 aromatic carbocycles. The first-order valence-corrected chi connectivity index (χ1v) is 5.53. The zero-order valence-electron chi connectivity index (χ0n) is 9.62. The maximum Gasteiger partial charge on any atom is 0.149 e. The van der Waals surface area contributed by atoms with E-state index in [1.807, 2.05) is 13.8 Å². The Balaban J connectivity index is 2.33. The summed E-state index contributed by atoms with van der Waals surface area (Å²) in [7, 11) is 2.15. The predicted octanol–water partition coefficient (Wildman–Crippen LogP) is 0.849. The van der Waals surface area contributed by atoms with Gasteiger partial charge in [-0.2, -0.15) is 0 Å². The summed E-state index contributed by atoms with van der Waals surface area (Å²) < 4.78 is 0. The number of carbonyl (C=O) groups excluding carboxylic acids is 1. The van der Waals surface area contributed by atoms with Crippen molar-refractivity contribution < 1.29 is 4.79 Å². The molecular weight excluding hydrogens is 176 g/mol. The number of hydrogen-bond donors (Lipinski definition) is 0. The molecule has 0 bridgehead atoms. The number of hydrogen-bond acceptors (Lipinski definition) is 3. The molecule has 3 nitrogen and oxygen atoms in total. The van der Waals surface area contributed by atoms with Crippen molar-refractivity contribution in [2.75, 3.05) is 39.8 Å². The van der Waals surface area contributed by atoms with Crippen LogP contribution in [0.1, 0.15) is 20.3 Å². The van der Waals surface area contributed by atoms with Crippen molar-refractivity contribution >= 4 is 5.78 Å². The molecule has 82 valence electrons. The van der Waals surface area contributed by atoms with E-state index in [-0.39, 0.29) is 5.92 Å². The SMILES string of the molecule is CC(C)C(=O)CN1CCCN(C)CC1. The summed E-state index contributed by atoms with van der Waals surface area (Å²) in [5.74, 6) is 0.547. The summed E-state index contributed by atoms with van der Waals surface area (Å²) in [4.78, 5) is 16.2. The van der Waals surface area contributed by atoms with Crippen LogP contribution in [0.15, 0.2) is 0 Å². The van der Waals surface area contributed by atoms with Gasteiger partial charge in [0.25, 0.3) is 0 Å². The Morgan fingerprint density at radius 2 is 1.93 bits per heavy atom. The van der Waals surface area contributed by atoms with Crippen molar-refractivity contribution in [3.8, 4) is 0 Å². The summed E-state index contributed by atoms with van der Waals surface area (Å²) in [5, 5.41) is 0. The number of Topliss-reactive ketones (excluding diaryl/α,β-unsaturated/α-hetero) is 1. The Bertz CT molecular complexity index is 192. The molecule has 0 N–H and O–H groups in total. The van der Waals surface area contributed by atoms with Gasteiger partial charge in [-0.3, -0.25) is 9.69 Å². The number of likely N-dealkylation sites (N-methyl/N-ethyl adjacent to an activating group) is 1. The molecule has 0 saturated carbocycles. The Kier molecular flexibility index (Phi) is 4.55. The fraction of sp³-hybridized carbons (Fsp3) is 0.909. The Hall–Kier alpha value is -0.410. The molecule has 1 rings (SSSR count). The Morgan fingerprint density at radius 1 is 1.21 bits per heavy atom. The Labute approximate surface area is 87.1 Å². The second-order valence-corrected chi connectivity index (χ2v) is 4.55. The third-order valence-corrected chi connectivity index (χ3v) is 2.84.